The number of methoxy groups -OCH3 is 2. The summed E-state index contributed by atoms with van der Waals surface area (Å²) in [6, 6.07) is 5.62. The van der Waals surface area contributed by atoms with Gasteiger partial charge in [0.25, 0.3) is 0 Å². The molecule has 1 N–H and O–H groups in total. The summed E-state index contributed by atoms with van der Waals surface area (Å²) in [4.78, 5) is 14.4. The molecular weight excluding hydrogens is 306 g/mol. The molecule has 1 saturated carbocycles. The van der Waals surface area contributed by atoms with Gasteiger partial charge in [0, 0.05) is 18.2 Å². The molecule has 3 unspecified atom stereocenters. The van der Waals surface area contributed by atoms with Crippen LogP contribution in [0, 0.1) is 5.41 Å². The summed E-state index contributed by atoms with van der Waals surface area (Å²) < 4.78 is 10.7. The van der Waals surface area contributed by atoms with Crippen LogP contribution < -0.4 is 9.47 Å². The molecule has 130 valence electrons. The zero-order valence-electron chi connectivity index (χ0n) is 14.3. The molecule has 0 amide bonds. The lowest BCUT2D eigenvalue weighted by molar-refractivity contribution is -0.146. The average molecular weight is 331 g/mol. The highest BCUT2D eigenvalue weighted by Gasteiger charge is 2.56. The molecule has 3 fully saturated rings. The van der Waals surface area contributed by atoms with Crippen molar-refractivity contribution in [1.29, 1.82) is 0 Å². The van der Waals surface area contributed by atoms with Crippen LogP contribution in [0.1, 0.15) is 50.1 Å². The summed E-state index contributed by atoms with van der Waals surface area (Å²) >= 11 is 0. The monoisotopic (exact) mass is 331 g/mol. The summed E-state index contributed by atoms with van der Waals surface area (Å²) in [5.41, 5.74) is 1.29. The Labute approximate surface area is 142 Å². The zero-order valence-corrected chi connectivity index (χ0v) is 14.3. The van der Waals surface area contributed by atoms with Gasteiger partial charge in [0.2, 0.25) is 0 Å². The van der Waals surface area contributed by atoms with Crippen molar-refractivity contribution in [3.8, 4) is 11.5 Å². The number of hydrogen-bond acceptors (Lipinski definition) is 4. The highest BCUT2D eigenvalue weighted by Crippen LogP contribution is 2.61. The van der Waals surface area contributed by atoms with Gasteiger partial charge in [-0.1, -0.05) is 0 Å². The first kappa shape index (κ1) is 15.8. The molecule has 2 heterocycles. The molecule has 1 aromatic rings. The fraction of sp³-hybridized carbons (Fsp3) is 0.632. The number of piperidine rings is 1. The molecule has 2 saturated heterocycles. The Morgan fingerprint density at radius 3 is 2.08 bits per heavy atom. The standard InChI is InChI=1S/C19H25NO4/c1-23-15-7-12(8-16(9-15)24-2)17(18(21)22)20-13-3-4-14(20)11-19(10-13)5-6-19/h7-9,13-14,17H,3-6,10-11H2,1-2H3,(H,21,22). The number of ether oxygens (including phenoxy) is 2. The van der Waals surface area contributed by atoms with E-state index in [1.807, 2.05) is 12.1 Å². The number of aliphatic carboxylic acids is 1. The lowest BCUT2D eigenvalue weighted by Gasteiger charge is -2.42. The van der Waals surface area contributed by atoms with E-state index in [0.29, 0.717) is 29.0 Å². The number of rotatable bonds is 5. The second-order valence-corrected chi connectivity index (χ2v) is 7.63. The lowest BCUT2D eigenvalue weighted by Crippen LogP contribution is -2.48. The van der Waals surface area contributed by atoms with Crippen LogP contribution in [0.4, 0.5) is 0 Å². The Bertz CT molecular complexity index is 617. The number of nitrogens with zero attached hydrogens (tertiary/aromatic N) is 1. The third-order valence-electron chi connectivity index (χ3n) is 6.19. The van der Waals surface area contributed by atoms with Gasteiger partial charge in [0.1, 0.15) is 17.5 Å². The van der Waals surface area contributed by atoms with Gasteiger partial charge in [-0.15, -0.1) is 0 Å². The molecule has 0 radical (unpaired) electrons. The van der Waals surface area contributed by atoms with Gasteiger partial charge < -0.3 is 14.6 Å². The number of fused-ring (bicyclic) bond motifs is 2. The van der Waals surface area contributed by atoms with Crippen LogP contribution in [0.2, 0.25) is 0 Å². The van der Waals surface area contributed by atoms with Crippen molar-refractivity contribution in [2.24, 2.45) is 5.41 Å². The topological polar surface area (TPSA) is 59.0 Å². The van der Waals surface area contributed by atoms with Crippen molar-refractivity contribution in [3.63, 3.8) is 0 Å². The van der Waals surface area contributed by atoms with E-state index in [-0.39, 0.29) is 0 Å². The van der Waals surface area contributed by atoms with Gasteiger partial charge in [-0.2, -0.15) is 0 Å². The molecule has 24 heavy (non-hydrogen) atoms. The summed E-state index contributed by atoms with van der Waals surface area (Å²) in [5.74, 6) is 0.492. The first-order chi connectivity index (χ1) is 11.5. The van der Waals surface area contributed by atoms with Crippen LogP contribution in [0.25, 0.3) is 0 Å². The molecule has 2 bridgehead atoms. The molecule has 5 heteroatoms. The number of hydrogen-bond donors (Lipinski definition) is 1. The van der Waals surface area contributed by atoms with Gasteiger partial charge in [-0.3, -0.25) is 9.69 Å². The first-order valence-corrected chi connectivity index (χ1v) is 8.78. The van der Waals surface area contributed by atoms with E-state index in [2.05, 4.69) is 4.90 Å². The number of benzene rings is 1. The number of carboxylic acids is 1. The molecule has 3 atom stereocenters. The minimum atomic E-state index is -0.783. The molecule has 1 aromatic carbocycles. The third-order valence-corrected chi connectivity index (χ3v) is 6.19. The van der Waals surface area contributed by atoms with Crippen molar-refractivity contribution < 1.29 is 19.4 Å². The van der Waals surface area contributed by atoms with Crippen molar-refractivity contribution in [2.75, 3.05) is 14.2 Å². The molecule has 4 rings (SSSR count). The summed E-state index contributed by atoms with van der Waals surface area (Å²) in [6.45, 7) is 0. The maximum absolute atomic E-state index is 12.2. The van der Waals surface area contributed by atoms with Crippen LogP contribution in [-0.4, -0.2) is 42.3 Å². The molecule has 0 aromatic heterocycles. The minimum Gasteiger partial charge on any atom is -0.497 e. The van der Waals surface area contributed by atoms with Gasteiger partial charge in [-0.05, 0) is 61.6 Å². The van der Waals surface area contributed by atoms with Crippen molar-refractivity contribution in [3.05, 3.63) is 23.8 Å². The minimum absolute atomic E-state index is 0.393. The quantitative estimate of drug-likeness (QED) is 0.897. The fourth-order valence-corrected chi connectivity index (χ4v) is 4.92. The van der Waals surface area contributed by atoms with Gasteiger partial charge in [-0.25, -0.2) is 0 Å². The molecular formula is C19H25NO4. The van der Waals surface area contributed by atoms with Gasteiger partial charge in [0.05, 0.1) is 14.2 Å². The van der Waals surface area contributed by atoms with Crippen LogP contribution in [-0.2, 0) is 4.79 Å². The Balaban J connectivity index is 1.69. The molecule has 2 aliphatic heterocycles. The molecule has 5 nitrogen and oxygen atoms in total. The van der Waals surface area contributed by atoms with E-state index in [0.717, 1.165) is 31.2 Å². The smallest absolute Gasteiger partial charge is 0.325 e. The Kier molecular flexibility index (Phi) is 3.71. The average Bonchev–Trinajstić information content (AvgIpc) is 3.27. The summed E-state index contributed by atoms with van der Waals surface area (Å²) in [7, 11) is 3.19. The summed E-state index contributed by atoms with van der Waals surface area (Å²) in [6.07, 6.45) is 7.23. The second kappa shape index (κ2) is 5.66. The highest BCUT2D eigenvalue weighted by atomic mass is 16.5. The van der Waals surface area contributed by atoms with E-state index in [9.17, 15) is 9.90 Å². The van der Waals surface area contributed by atoms with Crippen LogP contribution in [0.15, 0.2) is 18.2 Å². The first-order valence-electron chi connectivity index (χ1n) is 8.78. The van der Waals surface area contributed by atoms with Crippen molar-refractivity contribution in [2.45, 2.75) is 56.7 Å². The Morgan fingerprint density at radius 1 is 1.12 bits per heavy atom. The Morgan fingerprint density at radius 2 is 1.67 bits per heavy atom. The third kappa shape index (κ3) is 2.55. The van der Waals surface area contributed by atoms with Crippen LogP contribution in [0.5, 0.6) is 11.5 Å². The van der Waals surface area contributed by atoms with E-state index in [4.69, 9.17) is 9.47 Å². The number of carboxylic acid groups (broad SMARTS) is 1. The van der Waals surface area contributed by atoms with Gasteiger partial charge >= 0.3 is 5.97 Å². The normalized spacial score (nSPS) is 28.6. The van der Waals surface area contributed by atoms with E-state index in [1.165, 1.54) is 12.8 Å². The van der Waals surface area contributed by atoms with Crippen LogP contribution >= 0.6 is 0 Å². The summed E-state index contributed by atoms with van der Waals surface area (Å²) in [5, 5.41) is 9.99. The maximum atomic E-state index is 12.2. The zero-order chi connectivity index (χ0) is 16.9. The Hall–Kier alpha value is -1.75. The van der Waals surface area contributed by atoms with Crippen molar-refractivity contribution >= 4 is 5.97 Å². The molecule has 1 spiro atoms. The van der Waals surface area contributed by atoms with Crippen molar-refractivity contribution in [1.82, 2.24) is 4.90 Å². The number of carbonyl (C=O) groups is 1. The maximum Gasteiger partial charge on any atom is 0.325 e. The van der Waals surface area contributed by atoms with Gasteiger partial charge in [0.15, 0.2) is 0 Å². The molecule has 1 aliphatic carbocycles. The van der Waals surface area contributed by atoms with E-state index < -0.39 is 12.0 Å². The predicted molar refractivity (Wildman–Crippen MR) is 89.5 cm³/mol. The highest BCUT2D eigenvalue weighted by molar-refractivity contribution is 5.76. The second-order valence-electron chi connectivity index (χ2n) is 7.63. The fourth-order valence-electron chi connectivity index (χ4n) is 4.92. The lowest BCUT2D eigenvalue weighted by atomic mass is 9.85. The SMILES string of the molecule is COc1cc(OC)cc(C(C(=O)O)N2C3CCC2CC2(CC2)C3)c1. The largest absolute Gasteiger partial charge is 0.497 e. The molecule has 3 aliphatic rings. The van der Waals surface area contributed by atoms with E-state index >= 15 is 0 Å². The van der Waals surface area contributed by atoms with Crippen LogP contribution in [0.3, 0.4) is 0 Å². The van der Waals surface area contributed by atoms with E-state index in [1.54, 1.807) is 20.3 Å². The predicted octanol–water partition coefficient (Wildman–Crippen LogP) is 3.24.